The summed E-state index contributed by atoms with van der Waals surface area (Å²) in [6, 6.07) is 29.4. The van der Waals surface area contributed by atoms with E-state index in [1.807, 2.05) is 30.3 Å². The van der Waals surface area contributed by atoms with Gasteiger partial charge in [0.25, 0.3) is 5.91 Å². The van der Waals surface area contributed by atoms with Crippen molar-refractivity contribution in [3.8, 4) is 11.5 Å². The molecule has 2 amide bonds. The van der Waals surface area contributed by atoms with Crippen LogP contribution < -0.4 is 18.9 Å². The Morgan fingerprint density at radius 3 is 1.93 bits per heavy atom. The standard InChI is InChI=1S/C30H24N2O7S/c1-37-23-18-14-21(15-19-23)31-29(33)26-27(32(38-28(26)30(31)34)22-8-4-2-5-9-22)20-12-16-24(17-13-20)39-40(35,36)25-10-6-3-7-11-25/h2-19,26-28H,1H3/t26-,27-,28-/m1/s1. The number of para-hydroxylation sites is 1. The molecule has 4 aromatic rings. The summed E-state index contributed by atoms with van der Waals surface area (Å²) >= 11 is 0. The van der Waals surface area contributed by atoms with E-state index in [9.17, 15) is 18.0 Å². The first kappa shape index (κ1) is 25.6. The van der Waals surface area contributed by atoms with Gasteiger partial charge in [-0.2, -0.15) is 8.42 Å². The Morgan fingerprint density at radius 1 is 0.700 bits per heavy atom. The molecule has 6 rings (SSSR count). The fourth-order valence-corrected chi connectivity index (χ4v) is 5.97. The molecule has 0 saturated carbocycles. The third-order valence-electron chi connectivity index (χ3n) is 6.92. The third kappa shape index (κ3) is 4.47. The summed E-state index contributed by atoms with van der Waals surface area (Å²) in [4.78, 5) is 34.6. The number of imide groups is 1. The van der Waals surface area contributed by atoms with Crippen molar-refractivity contribution in [3.05, 3.63) is 115 Å². The van der Waals surface area contributed by atoms with E-state index >= 15 is 0 Å². The number of fused-ring (bicyclic) bond motifs is 1. The van der Waals surface area contributed by atoms with Crippen LogP contribution >= 0.6 is 0 Å². The van der Waals surface area contributed by atoms with Gasteiger partial charge in [0.15, 0.2) is 6.10 Å². The summed E-state index contributed by atoms with van der Waals surface area (Å²) in [5, 5.41) is 1.58. The van der Waals surface area contributed by atoms with Crippen molar-refractivity contribution in [2.24, 2.45) is 5.92 Å². The summed E-state index contributed by atoms with van der Waals surface area (Å²) in [5.74, 6) is -0.977. The van der Waals surface area contributed by atoms with Gasteiger partial charge in [-0.25, -0.2) is 9.96 Å². The van der Waals surface area contributed by atoms with Crippen LogP contribution in [0.5, 0.6) is 11.5 Å². The number of ether oxygens (including phenoxy) is 1. The number of hydroxylamine groups is 1. The Morgan fingerprint density at radius 2 is 1.30 bits per heavy atom. The van der Waals surface area contributed by atoms with Crippen molar-refractivity contribution in [1.29, 1.82) is 0 Å². The van der Waals surface area contributed by atoms with E-state index in [-0.39, 0.29) is 10.6 Å². The molecule has 2 fully saturated rings. The minimum absolute atomic E-state index is 0.0371. The van der Waals surface area contributed by atoms with Crippen molar-refractivity contribution in [2.45, 2.75) is 17.0 Å². The summed E-state index contributed by atoms with van der Waals surface area (Å²) in [6.45, 7) is 0. The van der Waals surface area contributed by atoms with E-state index < -0.39 is 40.0 Å². The number of nitrogens with zero attached hydrogens (tertiary/aromatic N) is 2. The molecule has 2 aliphatic heterocycles. The second-order valence-electron chi connectivity index (χ2n) is 9.29. The molecule has 0 spiro atoms. The lowest BCUT2D eigenvalue weighted by molar-refractivity contribution is -0.126. The molecule has 0 radical (unpaired) electrons. The van der Waals surface area contributed by atoms with Gasteiger partial charge in [0.1, 0.15) is 22.3 Å². The zero-order valence-corrected chi connectivity index (χ0v) is 22.1. The third-order valence-corrected chi connectivity index (χ3v) is 8.18. The number of amides is 2. The van der Waals surface area contributed by atoms with E-state index in [4.69, 9.17) is 13.8 Å². The molecule has 0 unspecified atom stereocenters. The fourth-order valence-electron chi connectivity index (χ4n) is 5.02. The molecule has 0 N–H and O–H groups in total. The molecule has 0 aromatic heterocycles. The number of rotatable bonds is 7. The Balaban J connectivity index is 1.33. The smallest absolute Gasteiger partial charge is 0.339 e. The normalized spacial score (nSPS) is 20.5. The molecule has 2 heterocycles. The van der Waals surface area contributed by atoms with E-state index in [0.29, 0.717) is 22.7 Å². The maximum atomic E-state index is 13.8. The largest absolute Gasteiger partial charge is 0.497 e. The van der Waals surface area contributed by atoms with Crippen molar-refractivity contribution >= 4 is 33.3 Å². The second-order valence-corrected chi connectivity index (χ2v) is 10.8. The molecule has 0 aliphatic carbocycles. The summed E-state index contributed by atoms with van der Waals surface area (Å²) in [5.41, 5.74) is 1.75. The maximum absolute atomic E-state index is 13.8. The fraction of sp³-hybridized carbons (Fsp3) is 0.133. The first-order chi connectivity index (χ1) is 19.4. The van der Waals surface area contributed by atoms with Crippen LogP contribution in [0.15, 0.2) is 114 Å². The number of methoxy groups -OCH3 is 1. The lowest BCUT2D eigenvalue weighted by Crippen LogP contribution is -2.37. The van der Waals surface area contributed by atoms with Crippen LogP contribution in [0, 0.1) is 5.92 Å². The SMILES string of the molecule is COc1ccc(N2C(=O)[C@@H]3[C@@H](c4ccc(OS(=O)(=O)c5ccccc5)cc4)N(c4ccccc4)O[C@H]3C2=O)cc1. The molecule has 3 atom stereocenters. The van der Waals surface area contributed by atoms with E-state index in [2.05, 4.69) is 0 Å². The number of hydrogen-bond acceptors (Lipinski definition) is 8. The minimum Gasteiger partial charge on any atom is -0.497 e. The number of hydrogen-bond donors (Lipinski definition) is 0. The van der Waals surface area contributed by atoms with Gasteiger partial charge in [0, 0.05) is 0 Å². The molecule has 40 heavy (non-hydrogen) atoms. The summed E-state index contributed by atoms with van der Waals surface area (Å²) < 4.78 is 35.9. The molecule has 202 valence electrons. The van der Waals surface area contributed by atoms with Crippen LogP contribution in [0.4, 0.5) is 11.4 Å². The van der Waals surface area contributed by atoms with E-state index in [1.165, 1.54) is 31.4 Å². The van der Waals surface area contributed by atoms with Crippen molar-refractivity contribution < 1.29 is 31.8 Å². The zero-order chi connectivity index (χ0) is 27.9. The van der Waals surface area contributed by atoms with Gasteiger partial charge in [-0.15, -0.1) is 0 Å². The molecular weight excluding hydrogens is 532 g/mol. The summed E-state index contributed by atoms with van der Waals surface area (Å²) in [7, 11) is -2.48. The number of carbonyl (C=O) groups is 2. The second kappa shape index (κ2) is 10.1. The first-order valence-corrected chi connectivity index (χ1v) is 13.9. The van der Waals surface area contributed by atoms with E-state index in [1.54, 1.807) is 59.7 Å². The molecule has 0 bridgehead atoms. The Labute approximate surface area is 231 Å². The molecule has 2 aliphatic rings. The molecule has 9 nitrogen and oxygen atoms in total. The molecular formula is C30H24N2O7S. The van der Waals surface area contributed by atoms with Crippen LogP contribution in [0.2, 0.25) is 0 Å². The van der Waals surface area contributed by atoms with Gasteiger partial charge in [-0.05, 0) is 66.2 Å². The molecule has 10 heteroatoms. The van der Waals surface area contributed by atoms with Gasteiger partial charge in [0.05, 0.1) is 24.5 Å². The number of benzene rings is 4. The van der Waals surface area contributed by atoms with E-state index in [0.717, 1.165) is 4.90 Å². The highest BCUT2D eigenvalue weighted by Gasteiger charge is 2.60. The van der Waals surface area contributed by atoms with Crippen molar-refractivity contribution in [3.63, 3.8) is 0 Å². The van der Waals surface area contributed by atoms with Crippen LogP contribution in [-0.2, 0) is 24.5 Å². The number of carbonyl (C=O) groups excluding carboxylic acids is 2. The Bertz CT molecular complexity index is 1640. The lowest BCUT2D eigenvalue weighted by atomic mass is 9.90. The van der Waals surface area contributed by atoms with Gasteiger partial charge in [-0.3, -0.25) is 14.4 Å². The zero-order valence-electron chi connectivity index (χ0n) is 21.3. The predicted molar refractivity (Wildman–Crippen MR) is 146 cm³/mol. The Hall–Kier alpha value is -4.67. The average molecular weight is 557 g/mol. The predicted octanol–water partition coefficient (Wildman–Crippen LogP) is 4.51. The van der Waals surface area contributed by atoms with Crippen LogP contribution in [-0.4, -0.2) is 33.4 Å². The summed E-state index contributed by atoms with van der Waals surface area (Å²) in [6.07, 6.45) is -1.03. The van der Waals surface area contributed by atoms with Gasteiger partial charge in [-0.1, -0.05) is 48.5 Å². The van der Waals surface area contributed by atoms with Crippen molar-refractivity contribution in [1.82, 2.24) is 0 Å². The topological polar surface area (TPSA) is 102 Å². The highest BCUT2D eigenvalue weighted by Crippen LogP contribution is 2.47. The average Bonchev–Trinajstić information content (AvgIpc) is 3.50. The van der Waals surface area contributed by atoms with Crippen LogP contribution in [0.1, 0.15) is 11.6 Å². The molecule has 4 aromatic carbocycles. The van der Waals surface area contributed by atoms with Crippen LogP contribution in [0.3, 0.4) is 0 Å². The minimum atomic E-state index is -4.02. The first-order valence-electron chi connectivity index (χ1n) is 12.5. The Kier molecular flexibility index (Phi) is 6.49. The maximum Gasteiger partial charge on any atom is 0.339 e. The van der Waals surface area contributed by atoms with Crippen LogP contribution in [0.25, 0.3) is 0 Å². The number of anilines is 2. The molecule has 2 saturated heterocycles. The van der Waals surface area contributed by atoms with Gasteiger partial charge >= 0.3 is 10.1 Å². The van der Waals surface area contributed by atoms with Gasteiger partial charge in [0.2, 0.25) is 5.91 Å². The monoisotopic (exact) mass is 556 g/mol. The quantitative estimate of drug-likeness (QED) is 0.242. The highest BCUT2D eigenvalue weighted by atomic mass is 32.2. The van der Waals surface area contributed by atoms with Gasteiger partial charge < -0.3 is 8.92 Å². The lowest BCUT2D eigenvalue weighted by Gasteiger charge is -2.28. The van der Waals surface area contributed by atoms with Crippen molar-refractivity contribution in [2.75, 3.05) is 17.1 Å². The highest BCUT2D eigenvalue weighted by molar-refractivity contribution is 7.87.